The highest BCUT2D eigenvalue weighted by Gasteiger charge is 2.24. The summed E-state index contributed by atoms with van der Waals surface area (Å²) in [5.41, 5.74) is 10.0. The van der Waals surface area contributed by atoms with Crippen LogP contribution in [0.15, 0.2) is 54.6 Å². The fourth-order valence-corrected chi connectivity index (χ4v) is 3.78. The summed E-state index contributed by atoms with van der Waals surface area (Å²) in [7, 11) is 0. The number of nitrogens with two attached hydrogens (primary N) is 1. The zero-order chi connectivity index (χ0) is 20.8. The molecule has 0 fully saturated rings. The zero-order valence-corrected chi connectivity index (χ0v) is 17.0. The van der Waals surface area contributed by atoms with Crippen molar-refractivity contribution in [2.75, 3.05) is 6.61 Å². The Labute approximate surface area is 171 Å². The van der Waals surface area contributed by atoms with E-state index in [-0.39, 0.29) is 6.61 Å². The summed E-state index contributed by atoms with van der Waals surface area (Å²) in [6.45, 7) is 4.79. The number of aliphatic hydroxyl groups is 1. The maximum atomic E-state index is 12.4. The summed E-state index contributed by atoms with van der Waals surface area (Å²) in [5, 5.41) is 9.30. The lowest BCUT2D eigenvalue weighted by Gasteiger charge is -2.13. The molecule has 0 aliphatic heterocycles. The van der Waals surface area contributed by atoms with Crippen molar-refractivity contribution < 1.29 is 14.6 Å². The Hall–Kier alpha value is -3.05. The van der Waals surface area contributed by atoms with Gasteiger partial charge in [-0.15, -0.1) is 0 Å². The third-order valence-corrected chi connectivity index (χ3v) is 5.01. The third-order valence-electron chi connectivity index (χ3n) is 5.01. The van der Waals surface area contributed by atoms with Crippen molar-refractivity contribution in [2.45, 2.75) is 39.7 Å². The van der Waals surface area contributed by atoms with Crippen molar-refractivity contribution in [3.8, 4) is 22.6 Å². The van der Waals surface area contributed by atoms with Gasteiger partial charge in [0.05, 0.1) is 5.56 Å². The molecule has 1 amide bonds. The van der Waals surface area contributed by atoms with E-state index in [1.807, 2.05) is 61.5 Å². The van der Waals surface area contributed by atoms with Gasteiger partial charge in [0.2, 0.25) is 0 Å². The van der Waals surface area contributed by atoms with E-state index in [1.165, 1.54) is 0 Å². The van der Waals surface area contributed by atoms with E-state index in [0.717, 1.165) is 41.1 Å². The Kier molecular flexibility index (Phi) is 6.73. The van der Waals surface area contributed by atoms with Crippen molar-refractivity contribution in [3.63, 3.8) is 0 Å². The zero-order valence-electron chi connectivity index (χ0n) is 17.0. The van der Waals surface area contributed by atoms with Crippen LogP contribution in [0, 0.1) is 6.92 Å². The summed E-state index contributed by atoms with van der Waals surface area (Å²) >= 11 is 0. The van der Waals surface area contributed by atoms with Crippen LogP contribution in [0.2, 0.25) is 0 Å². The second-order valence-corrected chi connectivity index (χ2v) is 7.07. The average Bonchev–Trinajstić information content (AvgIpc) is 2.99. The summed E-state index contributed by atoms with van der Waals surface area (Å²) in [4.78, 5) is 12.4. The fourth-order valence-electron chi connectivity index (χ4n) is 3.78. The first-order valence-electron chi connectivity index (χ1n) is 10.0. The van der Waals surface area contributed by atoms with Crippen molar-refractivity contribution in [3.05, 3.63) is 71.5 Å². The van der Waals surface area contributed by atoms with Crippen molar-refractivity contribution >= 4 is 5.91 Å². The second kappa shape index (κ2) is 9.43. The standard InChI is InChI=1S/C24H28N2O3/c1-3-9-21-23(22(24(25)28)17(2)26(21)14-8-15-27)18-10-7-13-20(16-18)29-19-11-5-4-6-12-19/h4-7,10-13,16,27H,3,8-9,14-15H2,1-2H3,(H2,25,28). The molecule has 0 aliphatic rings. The van der Waals surface area contributed by atoms with Crippen LogP contribution in [-0.4, -0.2) is 22.2 Å². The van der Waals surface area contributed by atoms with Gasteiger partial charge in [0.25, 0.3) is 5.91 Å². The molecule has 1 heterocycles. The predicted octanol–water partition coefficient (Wildman–Crippen LogP) is 4.69. The van der Waals surface area contributed by atoms with E-state index in [4.69, 9.17) is 10.5 Å². The lowest BCUT2D eigenvalue weighted by atomic mass is 9.98. The number of hydrogen-bond acceptors (Lipinski definition) is 3. The average molecular weight is 392 g/mol. The van der Waals surface area contributed by atoms with E-state index < -0.39 is 5.91 Å². The molecule has 0 radical (unpaired) electrons. The van der Waals surface area contributed by atoms with Crippen LogP contribution in [-0.2, 0) is 13.0 Å². The largest absolute Gasteiger partial charge is 0.457 e. The van der Waals surface area contributed by atoms with Crippen LogP contribution < -0.4 is 10.5 Å². The predicted molar refractivity (Wildman–Crippen MR) is 115 cm³/mol. The minimum atomic E-state index is -0.438. The Morgan fingerprint density at radius 1 is 1.10 bits per heavy atom. The number of aromatic nitrogens is 1. The van der Waals surface area contributed by atoms with E-state index in [0.29, 0.717) is 24.3 Å². The summed E-state index contributed by atoms with van der Waals surface area (Å²) in [5.74, 6) is 1.02. The first-order chi connectivity index (χ1) is 14.1. The Morgan fingerprint density at radius 3 is 2.48 bits per heavy atom. The van der Waals surface area contributed by atoms with Crippen LogP contribution in [0.3, 0.4) is 0 Å². The maximum absolute atomic E-state index is 12.4. The molecule has 0 saturated carbocycles. The van der Waals surface area contributed by atoms with Crippen LogP contribution in [0.1, 0.15) is 41.5 Å². The smallest absolute Gasteiger partial charge is 0.251 e. The number of rotatable bonds is 9. The number of carbonyl (C=O) groups is 1. The fraction of sp³-hybridized carbons (Fsp3) is 0.292. The van der Waals surface area contributed by atoms with Crippen molar-refractivity contribution in [1.82, 2.24) is 4.57 Å². The van der Waals surface area contributed by atoms with Gasteiger partial charge in [0.15, 0.2) is 0 Å². The number of primary amides is 1. The highest BCUT2D eigenvalue weighted by Crippen LogP contribution is 2.36. The first kappa shape index (κ1) is 20.7. The van der Waals surface area contributed by atoms with Crippen molar-refractivity contribution in [2.24, 2.45) is 5.73 Å². The van der Waals surface area contributed by atoms with Gasteiger partial charge in [-0.05, 0) is 49.6 Å². The van der Waals surface area contributed by atoms with Gasteiger partial charge >= 0.3 is 0 Å². The number of ether oxygens (including phenoxy) is 1. The number of hydrogen-bond donors (Lipinski definition) is 2. The second-order valence-electron chi connectivity index (χ2n) is 7.07. The number of nitrogens with zero attached hydrogens (tertiary/aromatic N) is 1. The van der Waals surface area contributed by atoms with Gasteiger partial charge in [-0.25, -0.2) is 0 Å². The van der Waals surface area contributed by atoms with Gasteiger partial charge in [0, 0.05) is 30.1 Å². The highest BCUT2D eigenvalue weighted by molar-refractivity contribution is 6.02. The molecule has 3 aromatic rings. The maximum Gasteiger partial charge on any atom is 0.251 e. The molecule has 2 aromatic carbocycles. The third kappa shape index (κ3) is 4.51. The molecule has 3 N–H and O–H groups in total. The van der Waals surface area contributed by atoms with Crippen LogP contribution in [0.25, 0.3) is 11.1 Å². The minimum Gasteiger partial charge on any atom is -0.457 e. The van der Waals surface area contributed by atoms with Crippen molar-refractivity contribution in [1.29, 1.82) is 0 Å². The molecule has 0 saturated heterocycles. The molecular formula is C24H28N2O3. The quantitative estimate of drug-likeness (QED) is 0.554. The molecule has 0 aliphatic carbocycles. The molecular weight excluding hydrogens is 364 g/mol. The molecule has 3 rings (SSSR count). The number of amides is 1. The lowest BCUT2D eigenvalue weighted by molar-refractivity contribution is 0.1000. The minimum absolute atomic E-state index is 0.102. The topological polar surface area (TPSA) is 77.5 Å². The Bertz CT molecular complexity index is 977. The number of para-hydroxylation sites is 1. The van der Waals surface area contributed by atoms with Gasteiger partial charge in [-0.3, -0.25) is 4.79 Å². The molecule has 0 spiro atoms. The molecule has 0 atom stereocenters. The number of benzene rings is 2. The highest BCUT2D eigenvalue weighted by atomic mass is 16.5. The molecule has 0 unspecified atom stereocenters. The van der Waals surface area contributed by atoms with E-state index in [2.05, 4.69) is 11.5 Å². The van der Waals surface area contributed by atoms with Gasteiger partial charge in [-0.1, -0.05) is 43.7 Å². The van der Waals surface area contributed by atoms with Gasteiger partial charge < -0.3 is 20.1 Å². The normalized spacial score (nSPS) is 10.9. The Balaban J connectivity index is 2.11. The van der Waals surface area contributed by atoms with E-state index in [1.54, 1.807) is 0 Å². The Morgan fingerprint density at radius 2 is 1.83 bits per heavy atom. The molecule has 0 bridgehead atoms. The monoisotopic (exact) mass is 392 g/mol. The van der Waals surface area contributed by atoms with E-state index in [9.17, 15) is 9.90 Å². The first-order valence-corrected chi connectivity index (χ1v) is 10.0. The number of aliphatic hydroxyl groups excluding tert-OH is 1. The molecule has 1 aromatic heterocycles. The SMILES string of the molecule is CCCc1c(-c2cccc(Oc3ccccc3)c2)c(C(N)=O)c(C)n1CCCO. The molecule has 152 valence electrons. The molecule has 5 nitrogen and oxygen atoms in total. The van der Waals surface area contributed by atoms with Crippen LogP contribution in [0.4, 0.5) is 0 Å². The summed E-state index contributed by atoms with van der Waals surface area (Å²) in [6, 6.07) is 17.3. The summed E-state index contributed by atoms with van der Waals surface area (Å²) < 4.78 is 8.11. The van der Waals surface area contributed by atoms with Gasteiger partial charge in [-0.2, -0.15) is 0 Å². The number of carbonyl (C=O) groups excluding carboxylic acids is 1. The van der Waals surface area contributed by atoms with Crippen LogP contribution >= 0.6 is 0 Å². The summed E-state index contributed by atoms with van der Waals surface area (Å²) in [6.07, 6.45) is 2.38. The lowest BCUT2D eigenvalue weighted by Crippen LogP contribution is -2.13. The molecule has 5 heteroatoms. The van der Waals surface area contributed by atoms with Crippen LogP contribution in [0.5, 0.6) is 11.5 Å². The van der Waals surface area contributed by atoms with Gasteiger partial charge in [0.1, 0.15) is 11.5 Å². The van der Waals surface area contributed by atoms with E-state index >= 15 is 0 Å². The molecule has 29 heavy (non-hydrogen) atoms.